The van der Waals surface area contributed by atoms with Gasteiger partial charge in [0.15, 0.2) is 5.69 Å². The van der Waals surface area contributed by atoms with Gasteiger partial charge in [-0.05, 0) is 42.8 Å². The summed E-state index contributed by atoms with van der Waals surface area (Å²) in [4.78, 5) is 32.0. The Labute approximate surface area is 185 Å². The van der Waals surface area contributed by atoms with E-state index in [4.69, 9.17) is 9.15 Å². The average molecular weight is 440 g/mol. The number of nitrogens with zero attached hydrogens (tertiary/aromatic N) is 2. The second-order valence-electron chi connectivity index (χ2n) is 7.45. The summed E-state index contributed by atoms with van der Waals surface area (Å²) in [6.45, 7) is 1.89. The molecule has 4 rings (SSSR count). The van der Waals surface area contributed by atoms with Crippen LogP contribution in [0.1, 0.15) is 40.2 Å². The van der Waals surface area contributed by atoms with Crippen molar-refractivity contribution in [1.82, 2.24) is 15.2 Å². The lowest BCUT2D eigenvalue weighted by molar-refractivity contribution is -0.120. The van der Waals surface area contributed by atoms with Gasteiger partial charge in [-0.3, -0.25) is 9.59 Å². The number of nitrogens with one attached hydrogen (secondary N) is 1. The van der Waals surface area contributed by atoms with Crippen molar-refractivity contribution in [3.63, 3.8) is 0 Å². The number of amides is 2. The fourth-order valence-electron chi connectivity index (χ4n) is 3.61. The highest BCUT2D eigenvalue weighted by molar-refractivity contribution is 7.10. The molecule has 7 nitrogen and oxygen atoms in total. The number of methoxy groups -OCH3 is 1. The first-order valence-electron chi connectivity index (χ1n) is 10.3. The smallest absolute Gasteiger partial charge is 0.275 e. The number of oxazole rings is 1. The molecule has 1 aliphatic rings. The molecular weight excluding hydrogens is 414 g/mol. The molecule has 0 bridgehead atoms. The van der Waals surface area contributed by atoms with Crippen LogP contribution in [0.2, 0.25) is 0 Å². The molecule has 8 heteroatoms. The van der Waals surface area contributed by atoms with E-state index in [0.717, 1.165) is 42.8 Å². The number of aromatic nitrogens is 1. The fourth-order valence-corrected chi connectivity index (χ4v) is 4.32. The van der Waals surface area contributed by atoms with Crippen molar-refractivity contribution < 1.29 is 18.7 Å². The van der Waals surface area contributed by atoms with Crippen LogP contribution in [-0.4, -0.2) is 41.9 Å². The third-order valence-electron chi connectivity index (χ3n) is 5.29. The molecule has 2 amide bonds. The molecule has 0 saturated carbocycles. The third kappa shape index (κ3) is 5.14. The predicted octanol–water partition coefficient (Wildman–Crippen LogP) is 3.90. The van der Waals surface area contributed by atoms with Crippen LogP contribution in [0.5, 0.6) is 5.75 Å². The van der Waals surface area contributed by atoms with Crippen LogP contribution in [0, 0.1) is 0 Å². The van der Waals surface area contributed by atoms with Crippen LogP contribution >= 0.6 is 11.3 Å². The summed E-state index contributed by atoms with van der Waals surface area (Å²) in [5.41, 5.74) is 1.88. The number of piperidine rings is 1. The molecule has 1 saturated heterocycles. The van der Waals surface area contributed by atoms with E-state index < -0.39 is 0 Å². The Morgan fingerprint density at radius 2 is 2.06 bits per heavy atom. The molecule has 0 unspecified atom stereocenters. The SMILES string of the molecule is COc1cc(-c2nc(C(=O)N3CCCCC3)co2)ccc1CNC(=O)Cc1cccs1. The van der Waals surface area contributed by atoms with Gasteiger partial charge in [-0.1, -0.05) is 12.1 Å². The zero-order chi connectivity index (χ0) is 21.6. The average Bonchev–Trinajstić information content (AvgIpc) is 3.50. The zero-order valence-electron chi connectivity index (χ0n) is 17.4. The molecular formula is C23H25N3O4S. The first kappa shape index (κ1) is 21.1. The van der Waals surface area contributed by atoms with E-state index in [1.807, 2.05) is 40.6 Å². The van der Waals surface area contributed by atoms with Crippen molar-refractivity contribution in [2.45, 2.75) is 32.2 Å². The maximum atomic E-state index is 12.6. The van der Waals surface area contributed by atoms with Gasteiger partial charge in [0.25, 0.3) is 5.91 Å². The highest BCUT2D eigenvalue weighted by Gasteiger charge is 2.22. The largest absolute Gasteiger partial charge is 0.496 e. The minimum atomic E-state index is -0.0910. The molecule has 0 radical (unpaired) electrons. The van der Waals surface area contributed by atoms with Crippen molar-refractivity contribution in [2.24, 2.45) is 0 Å². The summed E-state index contributed by atoms with van der Waals surface area (Å²) in [5, 5.41) is 4.88. The highest BCUT2D eigenvalue weighted by atomic mass is 32.1. The number of benzene rings is 1. The summed E-state index contributed by atoms with van der Waals surface area (Å²) in [7, 11) is 1.58. The Morgan fingerprint density at radius 1 is 1.23 bits per heavy atom. The molecule has 31 heavy (non-hydrogen) atoms. The Hall–Kier alpha value is -3.13. The molecule has 2 aromatic heterocycles. The molecule has 0 aliphatic carbocycles. The zero-order valence-corrected chi connectivity index (χ0v) is 18.2. The number of hydrogen-bond acceptors (Lipinski definition) is 6. The first-order valence-corrected chi connectivity index (χ1v) is 11.2. The van der Waals surface area contributed by atoms with E-state index in [2.05, 4.69) is 10.3 Å². The highest BCUT2D eigenvalue weighted by Crippen LogP contribution is 2.27. The number of carbonyl (C=O) groups excluding carboxylic acids is 2. The van der Waals surface area contributed by atoms with Crippen molar-refractivity contribution in [1.29, 1.82) is 0 Å². The number of rotatable bonds is 7. The molecule has 0 spiro atoms. The molecule has 0 atom stereocenters. The van der Waals surface area contributed by atoms with E-state index in [1.165, 1.54) is 6.26 Å². The van der Waals surface area contributed by atoms with Gasteiger partial charge in [-0.25, -0.2) is 4.98 Å². The van der Waals surface area contributed by atoms with E-state index >= 15 is 0 Å². The molecule has 3 heterocycles. The maximum absolute atomic E-state index is 12.6. The number of likely N-dealkylation sites (tertiary alicyclic amines) is 1. The van der Waals surface area contributed by atoms with E-state index in [-0.39, 0.29) is 11.8 Å². The molecule has 1 N–H and O–H groups in total. The number of ether oxygens (including phenoxy) is 1. The lowest BCUT2D eigenvalue weighted by Gasteiger charge is -2.25. The minimum absolute atomic E-state index is 0.0397. The quantitative estimate of drug-likeness (QED) is 0.604. The summed E-state index contributed by atoms with van der Waals surface area (Å²) >= 11 is 1.56. The van der Waals surface area contributed by atoms with Gasteiger partial charge < -0.3 is 19.4 Å². The number of thiophene rings is 1. The van der Waals surface area contributed by atoms with Gasteiger partial charge in [-0.2, -0.15) is 0 Å². The van der Waals surface area contributed by atoms with Crippen LogP contribution in [0.15, 0.2) is 46.4 Å². The lowest BCUT2D eigenvalue weighted by atomic mass is 10.1. The van der Waals surface area contributed by atoms with Crippen molar-refractivity contribution in [2.75, 3.05) is 20.2 Å². The Bertz CT molecular complexity index is 1040. The van der Waals surface area contributed by atoms with Crippen molar-refractivity contribution >= 4 is 23.2 Å². The van der Waals surface area contributed by atoms with Gasteiger partial charge in [0, 0.05) is 35.6 Å². The van der Waals surface area contributed by atoms with Crippen LogP contribution < -0.4 is 10.1 Å². The molecule has 1 aromatic carbocycles. The van der Waals surface area contributed by atoms with Gasteiger partial charge in [0.1, 0.15) is 12.0 Å². The van der Waals surface area contributed by atoms with Gasteiger partial charge in [0.05, 0.1) is 13.5 Å². The lowest BCUT2D eigenvalue weighted by Crippen LogP contribution is -2.35. The van der Waals surface area contributed by atoms with Gasteiger partial charge in [0.2, 0.25) is 11.8 Å². The summed E-state index contributed by atoms with van der Waals surface area (Å²) in [6.07, 6.45) is 4.99. The Balaban J connectivity index is 1.42. The van der Waals surface area contributed by atoms with E-state index in [0.29, 0.717) is 35.9 Å². The van der Waals surface area contributed by atoms with E-state index in [9.17, 15) is 9.59 Å². The second-order valence-corrected chi connectivity index (χ2v) is 8.48. The topological polar surface area (TPSA) is 84.7 Å². The standard InChI is InChI=1S/C23H25N3O4S/c1-29-20-12-16(7-8-17(20)14-24-21(27)13-18-6-5-11-31-18)22-25-19(15-30-22)23(28)26-9-3-2-4-10-26/h5-8,11-12,15H,2-4,9-10,13-14H2,1H3,(H,24,27). The Kier molecular flexibility index (Phi) is 6.66. The predicted molar refractivity (Wildman–Crippen MR) is 118 cm³/mol. The fraction of sp³-hybridized carbons (Fsp3) is 0.348. The molecule has 1 fully saturated rings. The van der Waals surface area contributed by atoms with Crippen LogP contribution in [0.4, 0.5) is 0 Å². The van der Waals surface area contributed by atoms with Crippen LogP contribution in [0.3, 0.4) is 0 Å². The third-order valence-corrected chi connectivity index (χ3v) is 6.17. The van der Waals surface area contributed by atoms with Crippen molar-refractivity contribution in [3.8, 4) is 17.2 Å². The van der Waals surface area contributed by atoms with Crippen LogP contribution in [-0.2, 0) is 17.8 Å². The monoisotopic (exact) mass is 439 g/mol. The summed E-state index contributed by atoms with van der Waals surface area (Å²) in [5.74, 6) is 0.858. The van der Waals surface area contributed by atoms with Crippen LogP contribution in [0.25, 0.3) is 11.5 Å². The Morgan fingerprint density at radius 3 is 2.81 bits per heavy atom. The van der Waals surface area contributed by atoms with Gasteiger partial charge in [-0.15, -0.1) is 11.3 Å². The molecule has 162 valence electrons. The molecule has 3 aromatic rings. The normalized spacial score (nSPS) is 13.8. The minimum Gasteiger partial charge on any atom is -0.496 e. The van der Waals surface area contributed by atoms with E-state index in [1.54, 1.807) is 18.4 Å². The molecule has 1 aliphatic heterocycles. The second kappa shape index (κ2) is 9.78. The van der Waals surface area contributed by atoms with Gasteiger partial charge >= 0.3 is 0 Å². The first-order chi connectivity index (χ1) is 15.1. The summed E-state index contributed by atoms with van der Waals surface area (Å²) in [6, 6.07) is 9.41. The summed E-state index contributed by atoms with van der Waals surface area (Å²) < 4.78 is 11.1. The number of hydrogen-bond donors (Lipinski definition) is 1. The van der Waals surface area contributed by atoms with Crippen molar-refractivity contribution in [3.05, 3.63) is 58.1 Å². The maximum Gasteiger partial charge on any atom is 0.275 e. The number of carbonyl (C=O) groups is 2.